The summed E-state index contributed by atoms with van der Waals surface area (Å²) in [6.07, 6.45) is 11.1. The minimum Gasteiger partial charge on any atom is -0.0654 e. The number of hydrogen-bond donors (Lipinski definition) is 0. The van der Waals surface area contributed by atoms with Crippen molar-refractivity contribution in [1.82, 2.24) is 0 Å². The molecule has 0 saturated carbocycles. The van der Waals surface area contributed by atoms with Gasteiger partial charge in [-0.05, 0) is 23.2 Å². The van der Waals surface area contributed by atoms with Gasteiger partial charge < -0.3 is 0 Å². The van der Waals surface area contributed by atoms with E-state index in [4.69, 9.17) is 0 Å². The van der Waals surface area contributed by atoms with E-state index in [-0.39, 0.29) is 0 Å². The lowest BCUT2D eigenvalue weighted by molar-refractivity contribution is 0.0800. The highest BCUT2D eigenvalue weighted by atomic mass is 14.4. The molecule has 1 unspecified atom stereocenters. The molecule has 0 amide bonds. The molecule has 110 valence electrons. The predicted molar refractivity (Wildman–Crippen MR) is 85.0 cm³/mol. The molecule has 0 aliphatic rings. The van der Waals surface area contributed by atoms with Crippen LogP contribution in [0.3, 0.4) is 0 Å². The highest BCUT2D eigenvalue weighted by Gasteiger charge is 2.35. The third-order valence-electron chi connectivity index (χ3n) is 4.83. The third-order valence-corrected chi connectivity index (χ3v) is 4.83. The minimum atomic E-state index is 0.462. The van der Waals surface area contributed by atoms with Crippen molar-refractivity contribution in [1.29, 1.82) is 0 Å². The molecule has 0 bridgehead atoms. The summed E-state index contributed by atoms with van der Waals surface area (Å²) in [7, 11) is 0. The molecule has 0 aromatic carbocycles. The van der Waals surface area contributed by atoms with Crippen LogP contribution >= 0.6 is 0 Å². The SMILES string of the molecule is CCCCCCC(C)C(CC)(CC)CC(C)(C)C. The Morgan fingerprint density at radius 1 is 0.833 bits per heavy atom. The fourth-order valence-electron chi connectivity index (χ4n) is 3.61. The average molecular weight is 255 g/mol. The Balaban J connectivity index is 4.46. The molecule has 0 rings (SSSR count). The van der Waals surface area contributed by atoms with E-state index in [0.29, 0.717) is 10.8 Å². The minimum absolute atomic E-state index is 0.462. The van der Waals surface area contributed by atoms with Gasteiger partial charge in [-0.1, -0.05) is 93.4 Å². The summed E-state index contributed by atoms with van der Waals surface area (Å²) in [4.78, 5) is 0. The van der Waals surface area contributed by atoms with Crippen molar-refractivity contribution >= 4 is 0 Å². The fourth-order valence-corrected chi connectivity index (χ4v) is 3.61. The summed E-state index contributed by atoms with van der Waals surface area (Å²) >= 11 is 0. The zero-order valence-corrected chi connectivity index (χ0v) is 14.2. The molecule has 0 aromatic heterocycles. The van der Waals surface area contributed by atoms with Gasteiger partial charge in [0, 0.05) is 0 Å². The van der Waals surface area contributed by atoms with Gasteiger partial charge in [0.05, 0.1) is 0 Å². The molecule has 0 aliphatic heterocycles. The Labute approximate surface area is 117 Å². The van der Waals surface area contributed by atoms with Gasteiger partial charge in [0.15, 0.2) is 0 Å². The first-order valence-corrected chi connectivity index (χ1v) is 8.31. The van der Waals surface area contributed by atoms with E-state index >= 15 is 0 Å². The van der Waals surface area contributed by atoms with Crippen LogP contribution in [0.15, 0.2) is 0 Å². The maximum absolute atomic E-state index is 2.50. The van der Waals surface area contributed by atoms with E-state index in [0.717, 1.165) is 5.92 Å². The van der Waals surface area contributed by atoms with Crippen LogP contribution in [0.5, 0.6) is 0 Å². The molecule has 0 aromatic rings. The van der Waals surface area contributed by atoms with Gasteiger partial charge in [0.1, 0.15) is 0 Å². The Bertz CT molecular complexity index is 193. The van der Waals surface area contributed by atoms with Crippen molar-refractivity contribution in [3.8, 4) is 0 Å². The van der Waals surface area contributed by atoms with E-state index in [1.54, 1.807) is 0 Å². The van der Waals surface area contributed by atoms with Crippen LogP contribution in [0.2, 0.25) is 0 Å². The van der Waals surface area contributed by atoms with Crippen LogP contribution in [0.25, 0.3) is 0 Å². The molecule has 0 heterocycles. The third kappa shape index (κ3) is 6.25. The topological polar surface area (TPSA) is 0 Å². The van der Waals surface area contributed by atoms with E-state index in [2.05, 4.69) is 48.5 Å². The van der Waals surface area contributed by atoms with Crippen molar-refractivity contribution in [2.45, 2.75) is 99.8 Å². The van der Waals surface area contributed by atoms with Crippen molar-refractivity contribution in [2.24, 2.45) is 16.7 Å². The van der Waals surface area contributed by atoms with Crippen LogP contribution in [0.4, 0.5) is 0 Å². The molecule has 0 saturated heterocycles. The Morgan fingerprint density at radius 2 is 1.39 bits per heavy atom. The predicted octanol–water partition coefficient (Wildman–Crippen LogP) is 6.84. The largest absolute Gasteiger partial charge is 0.0654 e. The standard InChI is InChI=1S/C18H38/c1-8-11-12-13-14-16(4)18(9-2,10-3)15-17(5,6)7/h16H,8-15H2,1-7H3. The summed E-state index contributed by atoms with van der Waals surface area (Å²) in [6.45, 7) is 16.8. The van der Waals surface area contributed by atoms with Gasteiger partial charge in [-0.25, -0.2) is 0 Å². The zero-order chi connectivity index (χ0) is 14.2. The van der Waals surface area contributed by atoms with Gasteiger partial charge in [0.2, 0.25) is 0 Å². The van der Waals surface area contributed by atoms with E-state index in [1.165, 1.54) is 51.4 Å². The first-order valence-electron chi connectivity index (χ1n) is 8.31. The molecule has 1 atom stereocenters. The molecule has 0 aliphatic carbocycles. The van der Waals surface area contributed by atoms with Crippen LogP contribution in [0.1, 0.15) is 99.8 Å². The van der Waals surface area contributed by atoms with Gasteiger partial charge in [-0.2, -0.15) is 0 Å². The highest BCUT2D eigenvalue weighted by molar-refractivity contribution is 4.86. The van der Waals surface area contributed by atoms with Crippen LogP contribution < -0.4 is 0 Å². The number of hydrogen-bond acceptors (Lipinski definition) is 0. The average Bonchev–Trinajstić information content (AvgIpc) is 2.30. The lowest BCUT2D eigenvalue weighted by Crippen LogP contribution is -2.32. The molecular formula is C18H38. The monoisotopic (exact) mass is 254 g/mol. The first-order chi connectivity index (χ1) is 8.31. The summed E-state index contributed by atoms with van der Waals surface area (Å²) in [5.74, 6) is 0.878. The second-order valence-corrected chi connectivity index (χ2v) is 7.56. The lowest BCUT2D eigenvalue weighted by atomic mass is 9.63. The smallest absolute Gasteiger partial charge is 0.0272 e. The van der Waals surface area contributed by atoms with Crippen LogP contribution in [-0.2, 0) is 0 Å². The molecule has 0 N–H and O–H groups in total. The first kappa shape index (κ1) is 18.0. The maximum Gasteiger partial charge on any atom is -0.0272 e. The maximum atomic E-state index is 2.50. The quantitative estimate of drug-likeness (QED) is 0.395. The molecule has 18 heavy (non-hydrogen) atoms. The Morgan fingerprint density at radius 3 is 1.78 bits per heavy atom. The summed E-state index contributed by atoms with van der Waals surface area (Å²) in [5, 5.41) is 0. The number of rotatable bonds is 9. The second kappa shape index (κ2) is 8.23. The highest BCUT2D eigenvalue weighted by Crippen LogP contribution is 2.46. The molecule has 0 spiro atoms. The zero-order valence-electron chi connectivity index (χ0n) is 14.2. The van der Waals surface area contributed by atoms with Crippen LogP contribution in [0, 0.1) is 16.7 Å². The molecule has 0 heteroatoms. The van der Waals surface area contributed by atoms with E-state index in [1.807, 2.05) is 0 Å². The molecule has 0 nitrogen and oxygen atoms in total. The van der Waals surface area contributed by atoms with Gasteiger partial charge in [-0.3, -0.25) is 0 Å². The van der Waals surface area contributed by atoms with Gasteiger partial charge in [-0.15, -0.1) is 0 Å². The van der Waals surface area contributed by atoms with Crippen molar-refractivity contribution in [2.75, 3.05) is 0 Å². The molecular weight excluding hydrogens is 216 g/mol. The van der Waals surface area contributed by atoms with Gasteiger partial charge in [0.25, 0.3) is 0 Å². The van der Waals surface area contributed by atoms with E-state index < -0.39 is 0 Å². The Hall–Kier alpha value is 0. The number of unbranched alkanes of at least 4 members (excludes halogenated alkanes) is 3. The summed E-state index contributed by atoms with van der Waals surface area (Å²) < 4.78 is 0. The van der Waals surface area contributed by atoms with E-state index in [9.17, 15) is 0 Å². The van der Waals surface area contributed by atoms with Gasteiger partial charge >= 0.3 is 0 Å². The normalized spacial score (nSPS) is 14.8. The van der Waals surface area contributed by atoms with Crippen LogP contribution in [-0.4, -0.2) is 0 Å². The molecule has 0 fully saturated rings. The lowest BCUT2D eigenvalue weighted by Gasteiger charge is -2.43. The summed E-state index contributed by atoms with van der Waals surface area (Å²) in [5.41, 5.74) is 1.04. The second-order valence-electron chi connectivity index (χ2n) is 7.56. The van der Waals surface area contributed by atoms with Crippen molar-refractivity contribution < 1.29 is 0 Å². The molecule has 0 radical (unpaired) electrons. The van der Waals surface area contributed by atoms with Crippen molar-refractivity contribution in [3.63, 3.8) is 0 Å². The Kier molecular flexibility index (Phi) is 8.23. The van der Waals surface area contributed by atoms with Crippen molar-refractivity contribution in [3.05, 3.63) is 0 Å². The summed E-state index contributed by atoms with van der Waals surface area (Å²) in [6, 6.07) is 0. The fraction of sp³-hybridized carbons (Fsp3) is 1.00.